The van der Waals surface area contributed by atoms with Gasteiger partial charge in [-0.2, -0.15) is 9.61 Å². The van der Waals surface area contributed by atoms with E-state index in [1.165, 1.54) is 7.11 Å². The van der Waals surface area contributed by atoms with Crippen LogP contribution in [0.1, 0.15) is 63.5 Å². The number of hydrogen-bond acceptors (Lipinski definition) is 8. The highest BCUT2D eigenvalue weighted by Gasteiger charge is 2.38. The Morgan fingerprint density at radius 3 is 2.49 bits per heavy atom. The number of ether oxygens (including phenoxy) is 3. The molecule has 9 heteroatoms. The highest BCUT2D eigenvalue weighted by atomic mass is 16.6. The first-order valence-electron chi connectivity index (χ1n) is 15.4. The summed E-state index contributed by atoms with van der Waals surface area (Å²) < 4.78 is 19.6. The molecule has 1 saturated heterocycles. The van der Waals surface area contributed by atoms with Crippen molar-refractivity contribution in [2.45, 2.75) is 71.7 Å². The molecule has 0 radical (unpaired) electrons. The maximum Gasteiger partial charge on any atom is 0.339 e. The number of aryl methyl sites for hydroxylation is 2. The Labute approximate surface area is 265 Å². The van der Waals surface area contributed by atoms with Crippen LogP contribution >= 0.6 is 0 Å². The first-order chi connectivity index (χ1) is 21.3. The molecule has 0 spiro atoms. The van der Waals surface area contributed by atoms with Gasteiger partial charge in [-0.05, 0) is 78.1 Å². The molecule has 1 N–H and O–H groups in total. The van der Waals surface area contributed by atoms with Crippen LogP contribution in [0.2, 0.25) is 0 Å². The van der Waals surface area contributed by atoms with Crippen LogP contribution in [-0.4, -0.2) is 63.7 Å². The molecular formula is C36H44N4O5. The predicted molar refractivity (Wildman–Crippen MR) is 177 cm³/mol. The second-order valence-electron chi connectivity index (χ2n) is 13.0. The topological polar surface area (TPSA) is 98.4 Å². The van der Waals surface area contributed by atoms with Gasteiger partial charge < -0.3 is 24.2 Å². The van der Waals surface area contributed by atoms with E-state index in [1.807, 2.05) is 81.6 Å². The van der Waals surface area contributed by atoms with Gasteiger partial charge in [0.2, 0.25) is 0 Å². The number of anilines is 1. The molecule has 1 atom stereocenters. The van der Waals surface area contributed by atoms with Crippen LogP contribution in [0.5, 0.6) is 5.75 Å². The molecule has 0 saturated carbocycles. The fourth-order valence-corrected chi connectivity index (χ4v) is 5.88. The monoisotopic (exact) mass is 612 g/mol. The number of piperidine rings is 1. The second-order valence-corrected chi connectivity index (χ2v) is 13.0. The Bertz CT molecular complexity index is 1710. The number of esters is 1. The maximum absolute atomic E-state index is 13.3. The first kappa shape index (κ1) is 32.2. The standard InChI is InChI=1S/C36H44N4O5/c1-9-19-44-36(7)15-17-39(18-16-36)33-31(32(34(42)43-8)45-35(4,5)6)24(3)37-30-22-28(38-40(30)33)26-12-10-11-25(21-26)27-20-23(2)13-14-29(27)41/h9-14,20-22,32,41H,1,15-19H2,2-8H3. The van der Waals surface area contributed by atoms with E-state index in [-0.39, 0.29) is 11.4 Å². The summed E-state index contributed by atoms with van der Waals surface area (Å²) in [6.07, 6.45) is 2.33. The fourth-order valence-electron chi connectivity index (χ4n) is 5.88. The molecule has 1 fully saturated rings. The van der Waals surface area contributed by atoms with E-state index in [0.717, 1.165) is 46.6 Å². The number of aromatic nitrogens is 3. The Balaban J connectivity index is 1.66. The van der Waals surface area contributed by atoms with E-state index < -0.39 is 17.7 Å². The van der Waals surface area contributed by atoms with Crippen LogP contribution in [0.3, 0.4) is 0 Å². The number of aromatic hydroxyl groups is 1. The predicted octanol–water partition coefficient (Wildman–Crippen LogP) is 6.98. The Kier molecular flexibility index (Phi) is 9.05. The SMILES string of the molecule is C=CCOC1(C)CCN(c2c(C(OC(C)(C)C)C(=O)OC)c(C)nc3cc(-c4cccc(-c5cc(C)ccc5O)c4)nn23)CC1. The number of benzene rings is 2. The largest absolute Gasteiger partial charge is 0.507 e. The zero-order valence-corrected chi connectivity index (χ0v) is 27.4. The number of hydrogen-bond donors (Lipinski definition) is 1. The third-order valence-electron chi connectivity index (χ3n) is 8.24. The van der Waals surface area contributed by atoms with Gasteiger partial charge in [-0.25, -0.2) is 9.78 Å². The summed E-state index contributed by atoms with van der Waals surface area (Å²) in [5.41, 5.74) is 5.33. The molecule has 0 aliphatic carbocycles. The van der Waals surface area contributed by atoms with Crippen molar-refractivity contribution in [3.05, 3.63) is 78.0 Å². The Morgan fingerprint density at radius 1 is 1.11 bits per heavy atom. The lowest BCUT2D eigenvalue weighted by Gasteiger charge is -2.41. The lowest BCUT2D eigenvalue weighted by atomic mass is 9.92. The molecule has 9 nitrogen and oxygen atoms in total. The van der Waals surface area contributed by atoms with E-state index in [1.54, 1.807) is 12.1 Å². The summed E-state index contributed by atoms with van der Waals surface area (Å²) in [5, 5.41) is 15.7. The molecule has 0 amide bonds. The highest BCUT2D eigenvalue weighted by molar-refractivity contribution is 5.81. The summed E-state index contributed by atoms with van der Waals surface area (Å²) in [6.45, 7) is 17.4. The van der Waals surface area contributed by atoms with Crippen molar-refractivity contribution < 1.29 is 24.1 Å². The molecule has 3 heterocycles. The Morgan fingerprint density at radius 2 is 1.82 bits per heavy atom. The van der Waals surface area contributed by atoms with Gasteiger partial charge in [0.25, 0.3) is 0 Å². The fraction of sp³-hybridized carbons (Fsp3) is 0.417. The third kappa shape index (κ3) is 6.89. The molecule has 5 rings (SSSR count). The molecule has 0 bridgehead atoms. The molecule has 1 unspecified atom stereocenters. The zero-order chi connectivity index (χ0) is 32.5. The van der Waals surface area contributed by atoms with Crippen molar-refractivity contribution in [3.8, 4) is 28.1 Å². The summed E-state index contributed by atoms with van der Waals surface area (Å²) in [4.78, 5) is 20.5. The van der Waals surface area contributed by atoms with Gasteiger partial charge in [-0.1, -0.05) is 35.9 Å². The van der Waals surface area contributed by atoms with Gasteiger partial charge >= 0.3 is 5.97 Å². The van der Waals surface area contributed by atoms with E-state index in [9.17, 15) is 9.90 Å². The van der Waals surface area contributed by atoms with Crippen molar-refractivity contribution in [3.63, 3.8) is 0 Å². The van der Waals surface area contributed by atoms with E-state index in [4.69, 9.17) is 24.3 Å². The summed E-state index contributed by atoms with van der Waals surface area (Å²) in [5.74, 6) is 0.477. The molecule has 4 aromatic rings. The van der Waals surface area contributed by atoms with Crippen molar-refractivity contribution in [2.24, 2.45) is 0 Å². The molecule has 2 aromatic heterocycles. The number of phenolic OH excluding ortho intramolecular Hbond substituents is 1. The quantitative estimate of drug-likeness (QED) is 0.160. The van der Waals surface area contributed by atoms with Crippen molar-refractivity contribution in [2.75, 3.05) is 31.7 Å². The number of carbonyl (C=O) groups is 1. The molecular weight excluding hydrogens is 568 g/mol. The number of phenols is 1. The summed E-state index contributed by atoms with van der Waals surface area (Å²) >= 11 is 0. The van der Waals surface area contributed by atoms with Crippen molar-refractivity contribution in [1.29, 1.82) is 0 Å². The smallest absolute Gasteiger partial charge is 0.339 e. The minimum Gasteiger partial charge on any atom is -0.507 e. The number of methoxy groups -OCH3 is 1. The molecule has 45 heavy (non-hydrogen) atoms. The number of nitrogens with zero attached hydrogens (tertiary/aromatic N) is 4. The first-order valence-corrected chi connectivity index (χ1v) is 15.4. The van der Waals surface area contributed by atoms with Gasteiger partial charge in [-0.15, -0.1) is 6.58 Å². The van der Waals surface area contributed by atoms with Gasteiger partial charge in [0.15, 0.2) is 11.8 Å². The average molecular weight is 613 g/mol. The third-order valence-corrected chi connectivity index (χ3v) is 8.24. The van der Waals surface area contributed by atoms with Crippen LogP contribution in [0.25, 0.3) is 28.0 Å². The average Bonchev–Trinajstić information content (AvgIpc) is 3.43. The lowest BCUT2D eigenvalue weighted by Crippen LogP contribution is -2.45. The van der Waals surface area contributed by atoms with Gasteiger partial charge in [0.05, 0.1) is 36.2 Å². The van der Waals surface area contributed by atoms with Crippen LogP contribution in [-0.2, 0) is 19.0 Å². The van der Waals surface area contributed by atoms with Gasteiger partial charge in [0, 0.05) is 36.0 Å². The number of rotatable bonds is 9. The zero-order valence-electron chi connectivity index (χ0n) is 27.4. The maximum atomic E-state index is 13.3. The van der Waals surface area contributed by atoms with Crippen LogP contribution in [0, 0.1) is 13.8 Å². The van der Waals surface area contributed by atoms with Gasteiger partial charge in [0.1, 0.15) is 11.6 Å². The normalized spacial score (nSPS) is 15.7. The molecule has 1 aliphatic rings. The number of carbonyl (C=O) groups excluding carboxylic acids is 1. The van der Waals surface area contributed by atoms with E-state index in [2.05, 4.69) is 18.4 Å². The minimum atomic E-state index is -1.01. The number of fused-ring (bicyclic) bond motifs is 1. The lowest BCUT2D eigenvalue weighted by molar-refractivity contribution is -0.164. The molecule has 238 valence electrons. The van der Waals surface area contributed by atoms with Crippen LogP contribution in [0.4, 0.5) is 5.82 Å². The minimum absolute atomic E-state index is 0.221. The van der Waals surface area contributed by atoms with E-state index in [0.29, 0.717) is 36.6 Å². The Hall–Kier alpha value is -4.21. The van der Waals surface area contributed by atoms with E-state index >= 15 is 0 Å². The van der Waals surface area contributed by atoms with Crippen molar-refractivity contribution in [1.82, 2.24) is 14.6 Å². The van der Waals surface area contributed by atoms with Crippen LogP contribution in [0.15, 0.2) is 61.2 Å². The molecule has 2 aromatic carbocycles. The highest BCUT2D eigenvalue weighted by Crippen LogP contribution is 2.39. The second kappa shape index (κ2) is 12.7. The van der Waals surface area contributed by atoms with Crippen LogP contribution < -0.4 is 4.90 Å². The van der Waals surface area contributed by atoms with Gasteiger partial charge in [-0.3, -0.25) is 0 Å². The summed E-state index contributed by atoms with van der Waals surface area (Å²) in [6, 6.07) is 15.5. The molecule has 1 aliphatic heterocycles. The van der Waals surface area contributed by atoms with Crippen molar-refractivity contribution >= 4 is 17.4 Å². The summed E-state index contributed by atoms with van der Waals surface area (Å²) in [7, 11) is 1.37.